The molecule has 75 valence electrons. The molecule has 0 aromatic heterocycles. The van der Waals surface area contributed by atoms with Crippen molar-refractivity contribution in [1.82, 2.24) is 10.6 Å². The van der Waals surface area contributed by atoms with Gasteiger partial charge in [-0.05, 0) is 5.41 Å². The van der Waals surface area contributed by atoms with Gasteiger partial charge in [-0.3, -0.25) is 4.79 Å². The van der Waals surface area contributed by atoms with Gasteiger partial charge in [-0.1, -0.05) is 20.8 Å². The summed E-state index contributed by atoms with van der Waals surface area (Å²) in [6, 6.07) is -0.778. The average molecular weight is 187 g/mol. The summed E-state index contributed by atoms with van der Waals surface area (Å²) in [5, 5.41) is 0. The summed E-state index contributed by atoms with van der Waals surface area (Å²) < 4.78 is 12.4. The van der Waals surface area contributed by atoms with Crippen LogP contribution < -0.4 is 5.73 Å². The molecule has 0 spiro atoms. The highest BCUT2D eigenvalue weighted by Crippen LogP contribution is 2.22. The first-order chi connectivity index (χ1) is 5.82. The first-order valence-electron chi connectivity index (χ1n) is 4.46. The van der Waals surface area contributed by atoms with Crippen LogP contribution in [0.25, 0.3) is 0 Å². The maximum absolute atomic E-state index is 12.4. The zero-order chi connectivity index (χ0) is 10.2. The fourth-order valence-corrected chi connectivity index (χ4v) is 1.16. The molecule has 1 amide bonds. The molecule has 1 unspecified atom stereocenters. The van der Waals surface area contributed by atoms with Gasteiger partial charge < -0.3 is 4.90 Å². The highest BCUT2D eigenvalue weighted by molar-refractivity contribution is 5.83. The van der Waals surface area contributed by atoms with Crippen molar-refractivity contribution in [3.05, 3.63) is 0 Å². The fraction of sp³-hybridized carbons (Fsp3) is 0.889. The zero-order valence-electron chi connectivity index (χ0n) is 8.30. The van der Waals surface area contributed by atoms with Crippen molar-refractivity contribution >= 4 is 5.91 Å². The number of carbonyl (C=O) groups excluding carboxylic acids is 1. The molecule has 0 aliphatic carbocycles. The lowest BCUT2D eigenvalue weighted by atomic mass is 9.86. The molecule has 1 aliphatic rings. The average Bonchev–Trinajstić information content (AvgIpc) is 1.94. The highest BCUT2D eigenvalue weighted by Gasteiger charge is 2.37. The predicted octanol–water partition coefficient (Wildman–Crippen LogP) is 0.864. The first kappa shape index (κ1) is 10.4. The van der Waals surface area contributed by atoms with Crippen LogP contribution >= 0.6 is 0 Å². The minimum Gasteiger partial charge on any atom is -0.335 e. The first-order valence-corrected chi connectivity index (χ1v) is 4.46. The summed E-state index contributed by atoms with van der Waals surface area (Å²) in [7, 11) is 0. The minimum atomic E-state index is -0.879. The van der Waals surface area contributed by atoms with Crippen LogP contribution in [0.5, 0.6) is 0 Å². The number of amides is 1. The van der Waals surface area contributed by atoms with Crippen LogP contribution in [0.15, 0.2) is 0 Å². The maximum Gasteiger partial charge on any atom is 0.241 e. The molecule has 0 bridgehead atoms. The van der Waals surface area contributed by atoms with E-state index in [2.05, 4.69) is 0 Å². The van der Waals surface area contributed by atoms with Crippen molar-refractivity contribution in [3.8, 4) is 0 Å². The van der Waals surface area contributed by atoms with E-state index in [9.17, 15) is 9.18 Å². The second-order valence-electron chi connectivity index (χ2n) is 4.64. The lowest BCUT2D eigenvalue weighted by Crippen LogP contribution is -2.57. The number of rotatable bonds is 1. The van der Waals surface area contributed by atoms with Crippen molar-refractivity contribution < 1.29 is 9.18 Å². The van der Waals surface area contributed by atoms with Crippen LogP contribution in [0.2, 0.25) is 0 Å². The molecule has 3 nitrogen and oxygen atoms in total. The summed E-state index contributed by atoms with van der Waals surface area (Å²) in [4.78, 5) is 12.9. The molecule has 1 heterocycles. The zero-order valence-corrected chi connectivity index (χ0v) is 8.30. The van der Waals surface area contributed by atoms with Crippen LogP contribution in [0.4, 0.5) is 4.39 Å². The van der Waals surface area contributed by atoms with Gasteiger partial charge in [0.25, 0.3) is 0 Å². The Morgan fingerprint density at radius 3 is 2.31 bits per heavy atom. The van der Waals surface area contributed by atoms with Gasteiger partial charge in [0.1, 0.15) is 12.2 Å². The minimum absolute atomic E-state index is 0.171. The molecule has 1 radical (unpaired) electrons. The molecule has 1 atom stereocenters. The van der Waals surface area contributed by atoms with Gasteiger partial charge in [0, 0.05) is 0 Å². The number of nitrogens with one attached hydrogen (secondary N) is 1. The molecule has 1 fully saturated rings. The quantitative estimate of drug-likeness (QED) is 0.600. The number of hydrogen-bond acceptors (Lipinski definition) is 1. The molecule has 13 heavy (non-hydrogen) atoms. The van der Waals surface area contributed by atoms with Gasteiger partial charge in [-0.2, -0.15) is 0 Å². The molecule has 1 N–H and O–H groups in total. The summed E-state index contributed by atoms with van der Waals surface area (Å²) in [5.74, 6) is -0.249. The third-order valence-corrected chi connectivity index (χ3v) is 2.26. The van der Waals surface area contributed by atoms with E-state index in [-0.39, 0.29) is 24.4 Å². The van der Waals surface area contributed by atoms with E-state index in [4.69, 9.17) is 5.73 Å². The second kappa shape index (κ2) is 3.25. The van der Waals surface area contributed by atoms with Crippen molar-refractivity contribution in [2.75, 3.05) is 13.1 Å². The Morgan fingerprint density at radius 1 is 1.54 bits per heavy atom. The second-order valence-corrected chi connectivity index (χ2v) is 4.64. The number of hydrogen-bond donors (Lipinski definition) is 0. The van der Waals surface area contributed by atoms with Crippen molar-refractivity contribution in [1.29, 1.82) is 0 Å². The van der Waals surface area contributed by atoms with Crippen LogP contribution in [0.3, 0.4) is 0 Å². The van der Waals surface area contributed by atoms with E-state index in [0.717, 1.165) is 0 Å². The number of alkyl halides is 1. The Bertz CT molecular complexity index is 206. The topological polar surface area (TPSA) is 44.1 Å². The van der Waals surface area contributed by atoms with E-state index >= 15 is 0 Å². The van der Waals surface area contributed by atoms with Gasteiger partial charge >= 0.3 is 0 Å². The summed E-state index contributed by atoms with van der Waals surface area (Å²) in [6.45, 7) is 5.87. The molecule has 0 aromatic rings. The van der Waals surface area contributed by atoms with E-state index in [0.29, 0.717) is 0 Å². The number of halogens is 1. The molecule has 0 saturated carbocycles. The monoisotopic (exact) mass is 187 g/mol. The van der Waals surface area contributed by atoms with Gasteiger partial charge in [0.2, 0.25) is 5.91 Å². The lowest BCUT2D eigenvalue weighted by molar-refractivity contribution is -0.142. The maximum atomic E-state index is 12.4. The SMILES string of the molecule is CC(C)(C)C([NH])C(=O)N1CC(F)C1. The molecule has 1 aliphatic heterocycles. The summed E-state index contributed by atoms with van der Waals surface area (Å²) >= 11 is 0. The molecule has 1 saturated heterocycles. The van der Waals surface area contributed by atoms with Gasteiger partial charge in [-0.15, -0.1) is 0 Å². The Kier molecular flexibility index (Phi) is 2.61. The molecular formula is C9H16FN2O. The third kappa shape index (κ3) is 2.18. The normalized spacial score (nSPS) is 21.2. The Balaban J connectivity index is 2.49. The smallest absolute Gasteiger partial charge is 0.241 e. The Morgan fingerprint density at radius 2 is 2.00 bits per heavy atom. The van der Waals surface area contributed by atoms with E-state index < -0.39 is 12.2 Å². The third-order valence-electron chi connectivity index (χ3n) is 2.26. The van der Waals surface area contributed by atoms with Crippen molar-refractivity contribution in [2.24, 2.45) is 5.41 Å². The van der Waals surface area contributed by atoms with Crippen LogP contribution in [0, 0.1) is 5.41 Å². The molecular weight excluding hydrogens is 171 g/mol. The standard InChI is InChI=1S/C9H16FN2O/c1-9(2,3)7(11)8(13)12-4-6(10)5-12/h6-7,11H,4-5H2,1-3H3. The van der Waals surface area contributed by atoms with Crippen molar-refractivity contribution in [2.45, 2.75) is 33.0 Å². The van der Waals surface area contributed by atoms with Gasteiger partial charge in [-0.25, -0.2) is 10.1 Å². The fourth-order valence-electron chi connectivity index (χ4n) is 1.16. The summed E-state index contributed by atoms with van der Waals surface area (Å²) in [5.41, 5.74) is 7.29. The Hall–Kier alpha value is -0.640. The number of carbonyl (C=O) groups is 1. The van der Waals surface area contributed by atoms with Crippen molar-refractivity contribution in [3.63, 3.8) is 0 Å². The number of likely N-dealkylation sites (tertiary alicyclic amines) is 1. The van der Waals surface area contributed by atoms with Crippen LogP contribution in [-0.4, -0.2) is 36.1 Å². The van der Waals surface area contributed by atoms with E-state index in [1.165, 1.54) is 4.90 Å². The Labute approximate surface area is 78.1 Å². The molecule has 4 heteroatoms. The van der Waals surface area contributed by atoms with Crippen LogP contribution in [0.1, 0.15) is 20.8 Å². The van der Waals surface area contributed by atoms with Crippen LogP contribution in [-0.2, 0) is 4.79 Å². The van der Waals surface area contributed by atoms with E-state index in [1.54, 1.807) is 0 Å². The van der Waals surface area contributed by atoms with E-state index in [1.807, 2.05) is 20.8 Å². The lowest BCUT2D eigenvalue weighted by Gasteiger charge is -2.38. The molecule has 0 aromatic carbocycles. The predicted molar refractivity (Wildman–Crippen MR) is 47.8 cm³/mol. The van der Waals surface area contributed by atoms with Gasteiger partial charge in [0.15, 0.2) is 0 Å². The highest BCUT2D eigenvalue weighted by atomic mass is 19.1. The van der Waals surface area contributed by atoms with Gasteiger partial charge in [0.05, 0.1) is 13.1 Å². The summed E-state index contributed by atoms with van der Waals surface area (Å²) in [6.07, 6.45) is -0.879. The largest absolute Gasteiger partial charge is 0.335 e. The molecule has 1 rings (SSSR count). The number of nitrogens with zero attached hydrogens (tertiary/aromatic N) is 1.